The molecule has 2 aromatic rings. The van der Waals surface area contributed by atoms with Crippen LogP contribution in [0.1, 0.15) is 35.7 Å². The average molecular weight is 373 g/mol. The lowest BCUT2D eigenvalue weighted by molar-refractivity contribution is 0.0428. The number of nitrogens with zero attached hydrogens (tertiary/aromatic N) is 2. The quantitative estimate of drug-likeness (QED) is 0.314. The van der Waals surface area contributed by atoms with E-state index in [1.165, 1.54) is 6.20 Å². The number of amides is 1. The smallest absolute Gasteiger partial charge is 0.252 e. The molecule has 0 aliphatic heterocycles. The number of furan rings is 1. The Bertz CT molecular complexity index is 756. The number of pyridine rings is 1. The fourth-order valence-corrected chi connectivity index (χ4v) is 2.33. The van der Waals surface area contributed by atoms with Crippen LogP contribution in [-0.2, 0) is 5.60 Å². The summed E-state index contributed by atoms with van der Waals surface area (Å²) < 4.78 is 5.49. The van der Waals surface area contributed by atoms with Crippen molar-refractivity contribution in [2.24, 2.45) is 4.99 Å². The van der Waals surface area contributed by atoms with Gasteiger partial charge in [-0.2, -0.15) is 0 Å². The van der Waals surface area contributed by atoms with Crippen molar-refractivity contribution in [3.05, 3.63) is 53.7 Å². The van der Waals surface area contributed by atoms with Gasteiger partial charge in [0.05, 0.1) is 12.1 Å². The standard InChI is InChI=1S/C19H27N5O3/c1-4-21-18(24-13-19(3,26)16-8-7-14(2)27-16)23-11-10-22-17(25)15-6-5-9-20-12-15/h5-9,12,26H,4,10-11,13H2,1-3H3,(H,22,25)(H2,21,23,24). The molecule has 2 aromatic heterocycles. The molecule has 1 atom stereocenters. The number of aliphatic imine (C=N–C) groups is 1. The Hall–Kier alpha value is -2.87. The molecular weight excluding hydrogens is 346 g/mol. The molecule has 1 amide bonds. The molecule has 0 radical (unpaired) electrons. The van der Waals surface area contributed by atoms with Crippen LogP contribution in [-0.4, -0.2) is 48.1 Å². The third-order valence-corrected chi connectivity index (χ3v) is 3.79. The van der Waals surface area contributed by atoms with E-state index in [4.69, 9.17) is 4.42 Å². The minimum absolute atomic E-state index is 0.136. The highest BCUT2D eigenvalue weighted by Gasteiger charge is 2.26. The van der Waals surface area contributed by atoms with Crippen LogP contribution in [0.3, 0.4) is 0 Å². The van der Waals surface area contributed by atoms with E-state index in [1.807, 2.05) is 19.9 Å². The Morgan fingerprint density at radius 2 is 2.04 bits per heavy atom. The summed E-state index contributed by atoms with van der Waals surface area (Å²) in [5, 5.41) is 19.6. The Morgan fingerprint density at radius 1 is 1.26 bits per heavy atom. The lowest BCUT2D eigenvalue weighted by Crippen LogP contribution is -2.42. The van der Waals surface area contributed by atoms with Gasteiger partial charge in [0, 0.05) is 32.0 Å². The maximum absolute atomic E-state index is 12.0. The fraction of sp³-hybridized carbons (Fsp3) is 0.421. The average Bonchev–Trinajstić information content (AvgIpc) is 3.11. The third kappa shape index (κ3) is 6.41. The summed E-state index contributed by atoms with van der Waals surface area (Å²) in [6, 6.07) is 6.98. The summed E-state index contributed by atoms with van der Waals surface area (Å²) in [6.45, 7) is 7.16. The van der Waals surface area contributed by atoms with Crippen LogP contribution in [0.4, 0.5) is 0 Å². The molecule has 0 fully saturated rings. The number of carbonyl (C=O) groups is 1. The zero-order valence-corrected chi connectivity index (χ0v) is 16.0. The van der Waals surface area contributed by atoms with Crippen molar-refractivity contribution < 1.29 is 14.3 Å². The van der Waals surface area contributed by atoms with Gasteiger partial charge in [-0.1, -0.05) is 0 Å². The molecule has 8 nitrogen and oxygen atoms in total. The Balaban J connectivity index is 1.83. The summed E-state index contributed by atoms with van der Waals surface area (Å²) in [4.78, 5) is 20.3. The molecule has 146 valence electrons. The van der Waals surface area contributed by atoms with Crippen molar-refractivity contribution >= 4 is 11.9 Å². The number of hydrogen-bond donors (Lipinski definition) is 4. The summed E-state index contributed by atoms with van der Waals surface area (Å²) in [6.07, 6.45) is 3.14. The van der Waals surface area contributed by atoms with Gasteiger partial charge in [0.2, 0.25) is 0 Å². The SMILES string of the molecule is CCNC(=NCC(C)(O)c1ccc(C)o1)NCCNC(=O)c1cccnc1. The van der Waals surface area contributed by atoms with E-state index in [9.17, 15) is 9.90 Å². The highest BCUT2D eigenvalue weighted by molar-refractivity contribution is 5.93. The van der Waals surface area contributed by atoms with Gasteiger partial charge >= 0.3 is 0 Å². The van der Waals surface area contributed by atoms with Crippen molar-refractivity contribution in [3.8, 4) is 0 Å². The molecule has 4 N–H and O–H groups in total. The molecule has 8 heteroatoms. The van der Waals surface area contributed by atoms with Gasteiger partial charge < -0.3 is 25.5 Å². The van der Waals surface area contributed by atoms with Crippen LogP contribution in [0.5, 0.6) is 0 Å². The Labute approximate surface area is 159 Å². The van der Waals surface area contributed by atoms with E-state index in [1.54, 1.807) is 31.3 Å². The molecule has 2 heterocycles. The van der Waals surface area contributed by atoms with Crippen molar-refractivity contribution in [2.45, 2.75) is 26.4 Å². The van der Waals surface area contributed by atoms with Crippen LogP contribution in [0, 0.1) is 6.92 Å². The van der Waals surface area contributed by atoms with Crippen LogP contribution in [0.25, 0.3) is 0 Å². The lowest BCUT2D eigenvalue weighted by Gasteiger charge is -2.19. The van der Waals surface area contributed by atoms with Crippen molar-refractivity contribution in [2.75, 3.05) is 26.2 Å². The number of hydrogen-bond acceptors (Lipinski definition) is 5. The largest absolute Gasteiger partial charge is 0.463 e. The number of aryl methyl sites for hydroxylation is 1. The highest BCUT2D eigenvalue weighted by Crippen LogP contribution is 2.22. The summed E-state index contributed by atoms with van der Waals surface area (Å²) in [7, 11) is 0. The van der Waals surface area contributed by atoms with E-state index in [2.05, 4.69) is 25.9 Å². The first kappa shape index (κ1) is 20.4. The fourth-order valence-electron chi connectivity index (χ4n) is 2.33. The van der Waals surface area contributed by atoms with E-state index in [0.29, 0.717) is 36.9 Å². The van der Waals surface area contributed by atoms with Gasteiger partial charge in [0.1, 0.15) is 17.1 Å². The molecule has 0 aromatic carbocycles. The zero-order chi connectivity index (χ0) is 19.7. The third-order valence-electron chi connectivity index (χ3n) is 3.79. The van der Waals surface area contributed by atoms with Crippen LogP contribution in [0.2, 0.25) is 0 Å². The second-order valence-corrected chi connectivity index (χ2v) is 6.30. The molecule has 0 aliphatic rings. The normalized spacial score (nSPS) is 13.7. The maximum atomic E-state index is 12.0. The van der Waals surface area contributed by atoms with Crippen molar-refractivity contribution in [3.63, 3.8) is 0 Å². The number of nitrogens with one attached hydrogen (secondary N) is 3. The first-order valence-corrected chi connectivity index (χ1v) is 8.92. The van der Waals surface area contributed by atoms with Crippen LogP contribution in [0.15, 0.2) is 46.1 Å². The summed E-state index contributed by atoms with van der Waals surface area (Å²) in [5.41, 5.74) is -0.687. The molecule has 2 rings (SSSR count). The Kier molecular flexibility index (Phi) is 7.36. The van der Waals surface area contributed by atoms with Gasteiger partial charge in [0.15, 0.2) is 5.96 Å². The lowest BCUT2D eigenvalue weighted by atomic mass is 10.0. The molecule has 27 heavy (non-hydrogen) atoms. The van der Waals surface area contributed by atoms with Gasteiger partial charge in [-0.05, 0) is 45.0 Å². The molecule has 0 aliphatic carbocycles. The maximum Gasteiger partial charge on any atom is 0.252 e. The number of guanidine groups is 1. The molecular formula is C19H27N5O3. The molecule has 1 unspecified atom stereocenters. The summed E-state index contributed by atoms with van der Waals surface area (Å²) >= 11 is 0. The van der Waals surface area contributed by atoms with Crippen molar-refractivity contribution in [1.82, 2.24) is 20.9 Å². The monoisotopic (exact) mass is 373 g/mol. The van der Waals surface area contributed by atoms with E-state index >= 15 is 0 Å². The second kappa shape index (κ2) is 9.72. The second-order valence-electron chi connectivity index (χ2n) is 6.30. The van der Waals surface area contributed by atoms with Gasteiger partial charge in [0.25, 0.3) is 5.91 Å². The van der Waals surface area contributed by atoms with Gasteiger partial charge in [-0.15, -0.1) is 0 Å². The zero-order valence-electron chi connectivity index (χ0n) is 16.0. The minimum Gasteiger partial charge on any atom is -0.463 e. The predicted octanol–water partition coefficient (Wildman–Crippen LogP) is 1.18. The number of carbonyl (C=O) groups excluding carboxylic acids is 1. The predicted molar refractivity (Wildman–Crippen MR) is 104 cm³/mol. The van der Waals surface area contributed by atoms with Gasteiger partial charge in [-0.25, -0.2) is 4.99 Å². The highest BCUT2D eigenvalue weighted by atomic mass is 16.4. The number of aromatic nitrogens is 1. The summed E-state index contributed by atoms with van der Waals surface area (Å²) in [5.74, 6) is 1.59. The van der Waals surface area contributed by atoms with Crippen LogP contribution >= 0.6 is 0 Å². The van der Waals surface area contributed by atoms with Gasteiger partial charge in [-0.3, -0.25) is 9.78 Å². The number of aliphatic hydroxyl groups is 1. The molecule has 0 bridgehead atoms. The molecule has 0 spiro atoms. The first-order chi connectivity index (χ1) is 12.9. The minimum atomic E-state index is -1.20. The van der Waals surface area contributed by atoms with E-state index < -0.39 is 5.60 Å². The van der Waals surface area contributed by atoms with Crippen molar-refractivity contribution in [1.29, 1.82) is 0 Å². The van der Waals surface area contributed by atoms with E-state index in [0.717, 1.165) is 5.76 Å². The van der Waals surface area contributed by atoms with E-state index in [-0.39, 0.29) is 12.5 Å². The topological polar surface area (TPSA) is 112 Å². The first-order valence-electron chi connectivity index (χ1n) is 8.92. The molecule has 0 saturated heterocycles. The molecule has 0 saturated carbocycles. The van der Waals surface area contributed by atoms with Crippen LogP contribution < -0.4 is 16.0 Å². The Morgan fingerprint density at radius 3 is 2.67 bits per heavy atom. The number of rotatable bonds is 8.